The number of hydrogen-bond acceptors (Lipinski definition) is 6. The van der Waals surface area contributed by atoms with Crippen molar-refractivity contribution in [3.8, 4) is 17.2 Å². The monoisotopic (exact) mass is 462 g/mol. The van der Waals surface area contributed by atoms with Crippen LogP contribution in [0, 0.1) is 17.0 Å². The van der Waals surface area contributed by atoms with E-state index in [-0.39, 0.29) is 23.1 Å². The van der Waals surface area contributed by atoms with Crippen molar-refractivity contribution in [1.29, 1.82) is 0 Å². The van der Waals surface area contributed by atoms with Gasteiger partial charge in [0.2, 0.25) is 11.4 Å². The Labute approximate surface area is 179 Å². The van der Waals surface area contributed by atoms with Crippen LogP contribution in [0.5, 0.6) is 17.2 Å². The highest BCUT2D eigenvalue weighted by atomic mass is 35.5. The molecule has 8 nitrogen and oxygen atoms in total. The fourth-order valence-corrected chi connectivity index (χ4v) is 2.54. The second-order valence-corrected chi connectivity index (χ2v) is 6.73. The molecule has 2 rings (SSSR count). The summed E-state index contributed by atoms with van der Waals surface area (Å²) in [5.74, 6) is -2.15. The molecule has 1 unspecified atom stereocenters. The topological polar surface area (TPSA) is 108 Å². The first-order valence-electron chi connectivity index (χ1n) is 8.50. The summed E-state index contributed by atoms with van der Waals surface area (Å²) in [4.78, 5) is 22.1. The molecule has 1 radical (unpaired) electrons. The van der Waals surface area contributed by atoms with E-state index >= 15 is 0 Å². The van der Waals surface area contributed by atoms with Gasteiger partial charge >= 0.3 is 17.8 Å². The summed E-state index contributed by atoms with van der Waals surface area (Å²) >= 11 is 5.85. The molecule has 167 valence electrons. The Hall–Kier alpha value is -3.05. The van der Waals surface area contributed by atoms with Crippen molar-refractivity contribution in [1.82, 2.24) is 0 Å². The van der Waals surface area contributed by atoms with E-state index in [0.717, 1.165) is 37.3 Å². The number of carbonyl (C=O) groups is 1. The van der Waals surface area contributed by atoms with Gasteiger partial charge in [-0.3, -0.25) is 10.1 Å². The Kier molecular flexibility index (Phi) is 7.34. The number of alkyl halides is 3. The zero-order valence-corrected chi connectivity index (χ0v) is 16.7. The zero-order valence-electron chi connectivity index (χ0n) is 15.9. The van der Waals surface area contributed by atoms with Crippen molar-refractivity contribution < 1.29 is 42.2 Å². The van der Waals surface area contributed by atoms with E-state index in [9.17, 15) is 33.2 Å². The third-order valence-corrected chi connectivity index (χ3v) is 4.22. The SMILES string of the molecule is [CH2]COCC(C)(Oc1cc(Oc2ccc(C(F)(F)F)cc2Cl)ccc1[N+](=O)[O-])C(=O)O. The second kappa shape index (κ2) is 9.40. The Morgan fingerprint density at radius 1 is 1.23 bits per heavy atom. The Morgan fingerprint density at radius 2 is 1.90 bits per heavy atom. The third kappa shape index (κ3) is 5.98. The Bertz CT molecular complexity index is 983. The maximum Gasteiger partial charge on any atom is 0.416 e. The molecule has 0 aromatic heterocycles. The van der Waals surface area contributed by atoms with Crippen molar-refractivity contribution in [2.45, 2.75) is 18.7 Å². The summed E-state index contributed by atoms with van der Waals surface area (Å²) in [6.45, 7) is 4.03. The number of nitrogens with zero attached hydrogens (tertiary/aromatic N) is 1. The van der Waals surface area contributed by atoms with Gasteiger partial charge in [-0.05, 0) is 38.1 Å². The molecule has 12 heteroatoms. The predicted octanol–water partition coefficient (Wildman–Crippen LogP) is 5.13. The molecule has 2 aromatic carbocycles. The van der Waals surface area contributed by atoms with Gasteiger partial charge in [-0.25, -0.2) is 4.79 Å². The van der Waals surface area contributed by atoms with Gasteiger partial charge < -0.3 is 19.3 Å². The minimum Gasteiger partial charge on any atom is -0.478 e. The van der Waals surface area contributed by atoms with Crippen LogP contribution in [0.3, 0.4) is 0 Å². The molecule has 0 aliphatic rings. The molecule has 0 heterocycles. The first-order valence-corrected chi connectivity index (χ1v) is 8.87. The van der Waals surface area contributed by atoms with Crippen LogP contribution in [0.25, 0.3) is 0 Å². The lowest BCUT2D eigenvalue weighted by atomic mass is 10.1. The van der Waals surface area contributed by atoms with Gasteiger partial charge in [0.25, 0.3) is 0 Å². The van der Waals surface area contributed by atoms with E-state index in [1.54, 1.807) is 0 Å². The lowest BCUT2D eigenvalue weighted by Gasteiger charge is -2.25. The van der Waals surface area contributed by atoms with Gasteiger partial charge in [-0.2, -0.15) is 13.2 Å². The van der Waals surface area contributed by atoms with Gasteiger partial charge in [0.05, 0.1) is 22.1 Å². The average Bonchev–Trinajstić information content (AvgIpc) is 2.67. The average molecular weight is 463 g/mol. The lowest BCUT2D eigenvalue weighted by Crippen LogP contribution is -2.46. The molecule has 0 saturated carbocycles. The molecule has 0 fully saturated rings. The molecule has 0 aliphatic carbocycles. The first-order chi connectivity index (χ1) is 14.4. The van der Waals surface area contributed by atoms with Crippen molar-refractivity contribution in [3.63, 3.8) is 0 Å². The van der Waals surface area contributed by atoms with Crippen LogP contribution in [0.4, 0.5) is 18.9 Å². The second-order valence-electron chi connectivity index (χ2n) is 6.32. The molecule has 0 spiro atoms. The Morgan fingerprint density at radius 3 is 2.42 bits per heavy atom. The molecule has 31 heavy (non-hydrogen) atoms. The molecule has 0 aliphatic heterocycles. The van der Waals surface area contributed by atoms with Gasteiger partial charge in [0, 0.05) is 18.7 Å². The van der Waals surface area contributed by atoms with E-state index in [1.165, 1.54) is 0 Å². The van der Waals surface area contributed by atoms with Crippen molar-refractivity contribution in [3.05, 3.63) is 64.0 Å². The predicted molar refractivity (Wildman–Crippen MR) is 102 cm³/mol. The van der Waals surface area contributed by atoms with Crippen molar-refractivity contribution in [2.75, 3.05) is 13.2 Å². The van der Waals surface area contributed by atoms with Crippen molar-refractivity contribution >= 4 is 23.3 Å². The number of aliphatic carboxylic acids is 1. The first kappa shape index (κ1) is 24.2. The normalized spacial score (nSPS) is 13.4. The summed E-state index contributed by atoms with van der Waals surface area (Å²) in [6, 6.07) is 5.57. The molecule has 0 bridgehead atoms. The van der Waals surface area contributed by atoms with Crippen LogP contribution in [0.1, 0.15) is 12.5 Å². The van der Waals surface area contributed by atoms with Gasteiger partial charge in [0.15, 0.2) is 0 Å². The van der Waals surface area contributed by atoms with Crippen LogP contribution >= 0.6 is 11.6 Å². The van der Waals surface area contributed by atoms with E-state index in [2.05, 4.69) is 6.92 Å². The molecule has 2 aromatic rings. The van der Waals surface area contributed by atoms with E-state index in [0.29, 0.717) is 6.07 Å². The number of hydrogen-bond donors (Lipinski definition) is 1. The van der Waals surface area contributed by atoms with Crippen molar-refractivity contribution in [2.24, 2.45) is 0 Å². The number of carboxylic acid groups (broad SMARTS) is 1. The number of carboxylic acids is 1. The zero-order chi connectivity index (χ0) is 23.4. The lowest BCUT2D eigenvalue weighted by molar-refractivity contribution is -0.386. The fourth-order valence-electron chi connectivity index (χ4n) is 2.32. The van der Waals surface area contributed by atoms with Gasteiger partial charge in [-0.1, -0.05) is 11.6 Å². The summed E-state index contributed by atoms with van der Waals surface area (Å²) in [7, 11) is 0. The number of halogens is 4. The van der Waals surface area contributed by atoms with Crippen LogP contribution in [0.15, 0.2) is 36.4 Å². The molecule has 1 N–H and O–H groups in total. The maximum absolute atomic E-state index is 12.8. The smallest absolute Gasteiger partial charge is 0.416 e. The van der Waals surface area contributed by atoms with E-state index < -0.39 is 46.3 Å². The summed E-state index contributed by atoms with van der Waals surface area (Å²) in [6.07, 6.45) is -4.60. The molecule has 1 atom stereocenters. The molecular formula is C19H16ClF3NO7. The van der Waals surface area contributed by atoms with Crippen LogP contribution in [-0.4, -0.2) is 34.8 Å². The van der Waals surface area contributed by atoms with Gasteiger partial charge in [0.1, 0.15) is 11.5 Å². The quantitative estimate of drug-likeness (QED) is 0.406. The molecular weight excluding hydrogens is 447 g/mol. The van der Waals surface area contributed by atoms with E-state index in [4.69, 9.17) is 25.8 Å². The largest absolute Gasteiger partial charge is 0.478 e. The summed E-state index contributed by atoms with van der Waals surface area (Å²) in [5, 5.41) is 20.4. The van der Waals surface area contributed by atoms with Crippen LogP contribution in [0.2, 0.25) is 5.02 Å². The Balaban J connectivity index is 2.39. The van der Waals surface area contributed by atoms with Crippen LogP contribution < -0.4 is 9.47 Å². The summed E-state index contributed by atoms with van der Waals surface area (Å²) in [5.41, 5.74) is -3.54. The fraction of sp³-hybridized carbons (Fsp3) is 0.263. The highest BCUT2D eigenvalue weighted by molar-refractivity contribution is 6.32. The van der Waals surface area contributed by atoms with Gasteiger partial charge in [-0.15, -0.1) is 0 Å². The standard InChI is InChI=1S/C19H16ClF3NO7/c1-3-29-10-18(2,17(25)26)31-16-9-12(5-6-14(16)24(27)28)30-15-7-4-11(8-13(15)20)19(21,22)23/h4-9H,1,3,10H2,2H3,(H,25,26). The minimum atomic E-state index is -4.60. The minimum absolute atomic E-state index is 0.0656. The molecule has 0 saturated heterocycles. The highest BCUT2D eigenvalue weighted by Crippen LogP contribution is 2.39. The third-order valence-electron chi connectivity index (χ3n) is 3.92. The van der Waals surface area contributed by atoms with Crippen LogP contribution in [-0.2, 0) is 15.7 Å². The van der Waals surface area contributed by atoms with E-state index in [1.807, 2.05) is 0 Å². The number of nitro benzene ring substituents is 1. The number of nitro groups is 1. The maximum atomic E-state index is 12.8. The number of benzene rings is 2. The number of ether oxygens (including phenoxy) is 3. The summed E-state index contributed by atoms with van der Waals surface area (Å²) < 4.78 is 54.1. The highest BCUT2D eigenvalue weighted by Gasteiger charge is 2.38. The molecule has 0 amide bonds. The number of rotatable bonds is 9.